The Labute approximate surface area is 122 Å². The van der Waals surface area contributed by atoms with Crippen LogP contribution in [0.1, 0.15) is 62.8 Å². The van der Waals surface area contributed by atoms with E-state index < -0.39 is 0 Å². The molecule has 1 heteroatoms. The fourth-order valence-electron chi connectivity index (χ4n) is 4.17. The molecule has 1 aromatic rings. The molecule has 104 valence electrons. The summed E-state index contributed by atoms with van der Waals surface area (Å²) < 4.78 is 0. The van der Waals surface area contributed by atoms with Gasteiger partial charge in [0.05, 0.1) is 0 Å². The Morgan fingerprint density at radius 2 is 1.68 bits per heavy atom. The molecule has 0 heterocycles. The normalized spacial score (nSPS) is 32.6. The molecule has 1 aromatic carbocycles. The SMILES string of the molecule is ClC1CCC(c2ccccc2)CC1CC1CCCC1. The van der Waals surface area contributed by atoms with Crippen LogP contribution in [0.5, 0.6) is 0 Å². The lowest BCUT2D eigenvalue weighted by atomic mass is 9.74. The van der Waals surface area contributed by atoms with Crippen LogP contribution in [0.4, 0.5) is 0 Å². The Bertz CT molecular complexity index is 380. The fraction of sp³-hybridized carbons (Fsp3) is 0.667. The second kappa shape index (κ2) is 6.31. The highest BCUT2D eigenvalue weighted by Crippen LogP contribution is 2.43. The van der Waals surface area contributed by atoms with E-state index in [-0.39, 0.29) is 0 Å². The van der Waals surface area contributed by atoms with Gasteiger partial charge in [0, 0.05) is 5.38 Å². The first kappa shape index (κ1) is 13.5. The van der Waals surface area contributed by atoms with Crippen molar-refractivity contribution in [3.05, 3.63) is 35.9 Å². The molecule has 2 fully saturated rings. The molecule has 0 nitrogen and oxygen atoms in total. The molecule has 0 saturated heterocycles. The number of alkyl halides is 1. The lowest BCUT2D eigenvalue weighted by Crippen LogP contribution is -2.26. The molecule has 2 aliphatic rings. The zero-order valence-corrected chi connectivity index (χ0v) is 12.5. The first-order valence-corrected chi connectivity index (χ1v) is 8.45. The molecule has 0 bridgehead atoms. The lowest BCUT2D eigenvalue weighted by Gasteiger charge is -2.34. The van der Waals surface area contributed by atoms with E-state index in [4.69, 9.17) is 11.6 Å². The largest absolute Gasteiger partial charge is 0.123 e. The highest BCUT2D eigenvalue weighted by Gasteiger charge is 2.32. The third-order valence-corrected chi connectivity index (χ3v) is 5.85. The molecule has 2 aliphatic carbocycles. The van der Waals surface area contributed by atoms with Crippen molar-refractivity contribution in [1.82, 2.24) is 0 Å². The van der Waals surface area contributed by atoms with Gasteiger partial charge >= 0.3 is 0 Å². The molecular weight excluding hydrogens is 252 g/mol. The molecule has 0 aliphatic heterocycles. The molecule has 3 rings (SSSR count). The average Bonchev–Trinajstić information content (AvgIpc) is 2.95. The van der Waals surface area contributed by atoms with E-state index in [1.807, 2.05) is 0 Å². The maximum absolute atomic E-state index is 6.61. The number of benzene rings is 1. The van der Waals surface area contributed by atoms with Gasteiger partial charge < -0.3 is 0 Å². The molecule has 2 saturated carbocycles. The second-order valence-corrected chi connectivity index (χ2v) is 7.14. The summed E-state index contributed by atoms with van der Waals surface area (Å²) >= 11 is 6.61. The van der Waals surface area contributed by atoms with Crippen molar-refractivity contribution in [1.29, 1.82) is 0 Å². The van der Waals surface area contributed by atoms with Crippen LogP contribution < -0.4 is 0 Å². The maximum Gasteiger partial charge on any atom is 0.0364 e. The minimum atomic E-state index is 0.431. The van der Waals surface area contributed by atoms with Gasteiger partial charge in [-0.25, -0.2) is 0 Å². The Kier molecular flexibility index (Phi) is 4.48. The monoisotopic (exact) mass is 276 g/mol. The van der Waals surface area contributed by atoms with E-state index in [9.17, 15) is 0 Å². The summed E-state index contributed by atoms with van der Waals surface area (Å²) in [6.45, 7) is 0. The summed E-state index contributed by atoms with van der Waals surface area (Å²) in [5, 5.41) is 0.431. The smallest absolute Gasteiger partial charge is 0.0364 e. The van der Waals surface area contributed by atoms with Gasteiger partial charge in [0.2, 0.25) is 0 Å². The molecule has 3 unspecified atom stereocenters. The summed E-state index contributed by atoms with van der Waals surface area (Å²) in [5.41, 5.74) is 1.53. The second-order valence-electron chi connectivity index (χ2n) is 6.58. The van der Waals surface area contributed by atoms with E-state index in [0.717, 1.165) is 17.8 Å². The zero-order chi connectivity index (χ0) is 13.1. The predicted molar refractivity (Wildman–Crippen MR) is 82.7 cm³/mol. The van der Waals surface area contributed by atoms with Gasteiger partial charge in [-0.15, -0.1) is 11.6 Å². The van der Waals surface area contributed by atoms with Crippen molar-refractivity contribution in [3.63, 3.8) is 0 Å². The van der Waals surface area contributed by atoms with E-state index in [2.05, 4.69) is 30.3 Å². The van der Waals surface area contributed by atoms with Crippen LogP contribution in [0.25, 0.3) is 0 Å². The first-order chi connectivity index (χ1) is 9.33. The van der Waals surface area contributed by atoms with Crippen molar-refractivity contribution in [3.8, 4) is 0 Å². The zero-order valence-electron chi connectivity index (χ0n) is 11.7. The van der Waals surface area contributed by atoms with Crippen LogP contribution >= 0.6 is 11.6 Å². The van der Waals surface area contributed by atoms with Gasteiger partial charge in [0.1, 0.15) is 0 Å². The molecule has 0 N–H and O–H groups in total. The van der Waals surface area contributed by atoms with E-state index >= 15 is 0 Å². The fourth-order valence-corrected chi connectivity index (χ4v) is 4.50. The van der Waals surface area contributed by atoms with E-state index in [1.165, 1.54) is 56.9 Å². The van der Waals surface area contributed by atoms with Crippen molar-refractivity contribution < 1.29 is 0 Å². The molecular formula is C18H25Cl. The first-order valence-electron chi connectivity index (χ1n) is 8.02. The van der Waals surface area contributed by atoms with Gasteiger partial charge in [0.25, 0.3) is 0 Å². The minimum Gasteiger partial charge on any atom is -0.123 e. The number of hydrogen-bond donors (Lipinski definition) is 0. The highest BCUT2D eigenvalue weighted by molar-refractivity contribution is 6.20. The molecule has 0 spiro atoms. The van der Waals surface area contributed by atoms with Gasteiger partial charge in [-0.05, 0) is 49.0 Å². The Balaban J connectivity index is 1.63. The van der Waals surface area contributed by atoms with Crippen LogP contribution in [0.2, 0.25) is 0 Å². The van der Waals surface area contributed by atoms with Crippen LogP contribution in [-0.2, 0) is 0 Å². The number of halogens is 1. The number of hydrogen-bond acceptors (Lipinski definition) is 0. The lowest BCUT2D eigenvalue weighted by molar-refractivity contribution is 0.271. The van der Waals surface area contributed by atoms with E-state index in [1.54, 1.807) is 0 Å². The highest BCUT2D eigenvalue weighted by atomic mass is 35.5. The number of rotatable bonds is 3. The van der Waals surface area contributed by atoms with Crippen LogP contribution in [-0.4, -0.2) is 5.38 Å². The van der Waals surface area contributed by atoms with Crippen LogP contribution in [0.3, 0.4) is 0 Å². The van der Waals surface area contributed by atoms with Gasteiger partial charge in [-0.3, -0.25) is 0 Å². The van der Waals surface area contributed by atoms with E-state index in [0.29, 0.717) is 5.38 Å². The van der Waals surface area contributed by atoms with Crippen LogP contribution in [0, 0.1) is 11.8 Å². The molecule has 0 radical (unpaired) electrons. The third-order valence-electron chi connectivity index (χ3n) is 5.27. The molecule has 19 heavy (non-hydrogen) atoms. The summed E-state index contributed by atoms with van der Waals surface area (Å²) in [6, 6.07) is 11.1. The van der Waals surface area contributed by atoms with Crippen molar-refractivity contribution >= 4 is 11.6 Å². The molecule has 0 amide bonds. The maximum atomic E-state index is 6.61. The third kappa shape index (κ3) is 3.34. The Morgan fingerprint density at radius 3 is 2.42 bits per heavy atom. The average molecular weight is 277 g/mol. The van der Waals surface area contributed by atoms with Gasteiger partial charge in [0.15, 0.2) is 0 Å². The minimum absolute atomic E-state index is 0.431. The van der Waals surface area contributed by atoms with Crippen molar-refractivity contribution in [2.45, 2.75) is 62.7 Å². The molecule has 3 atom stereocenters. The molecule has 0 aromatic heterocycles. The summed E-state index contributed by atoms with van der Waals surface area (Å²) in [7, 11) is 0. The van der Waals surface area contributed by atoms with Crippen molar-refractivity contribution in [2.75, 3.05) is 0 Å². The summed E-state index contributed by atoms with van der Waals surface area (Å²) in [6.07, 6.45) is 11.0. The standard InChI is InChI=1S/C18H25Cl/c19-18-11-10-16(15-8-2-1-3-9-15)13-17(18)12-14-6-4-5-7-14/h1-3,8-9,14,16-18H,4-7,10-13H2. The predicted octanol–water partition coefficient (Wildman–Crippen LogP) is 5.76. The van der Waals surface area contributed by atoms with Crippen molar-refractivity contribution in [2.24, 2.45) is 11.8 Å². The van der Waals surface area contributed by atoms with Crippen LogP contribution in [0.15, 0.2) is 30.3 Å². The summed E-state index contributed by atoms with van der Waals surface area (Å²) in [5.74, 6) is 2.48. The Hall–Kier alpha value is -0.490. The van der Waals surface area contributed by atoms with Gasteiger partial charge in [-0.1, -0.05) is 56.0 Å². The summed E-state index contributed by atoms with van der Waals surface area (Å²) in [4.78, 5) is 0. The van der Waals surface area contributed by atoms with Gasteiger partial charge in [-0.2, -0.15) is 0 Å². The topological polar surface area (TPSA) is 0 Å². The quantitative estimate of drug-likeness (QED) is 0.616. The Morgan fingerprint density at radius 1 is 0.947 bits per heavy atom.